The monoisotopic (exact) mass is 333 g/mol. The van der Waals surface area contributed by atoms with Gasteiger partial charge in [0.1, 0.15) is 12.4 Å². The molecule has 2 rings (SSSR count). The lowest BCUT2D eigenvalue weighted by Crippen LogP contribution is -2.32. The van der Waals surface area contributed by atoms with Crippen LogP contribution in [0.5, 0.6) is 5.75 Å². The second kappa shape index (κ2) is 8.29. The number of nitrogens with one attached hydrogen (secondary N) is 2. The number of amides is 2. The lowest BCUT2D eigenvalue weighted by molar-refractivity contribution is 0.247. The van der Waals surface area contributed by atoms with E-state index in [1.54, 1.807) is 24.3 Å². The maximum Gasteiger partial charge on any atom is 0.319 e. The quantitative estimate of drug-likeness (QED) is 0.794. The Morgan fingerprint density at radius 3 is 2.35 bits per heavy atom. The highest BCUT2D eigenvalue weighted by Gasteiger charge is 2.02. The highest BCUT2D eigenvalue weighted by atomic mass is 35.5. The van der Waals surface area contributed by atoms with E-state index in [1.807, 2.05) is 43.3 Å². The number of rotatable bonds is 6. The van der Waals surface area contributed by atoms with Gasteiger partial charge in [0, 0.05) is 30.5 Å². The van der Waals surface area contributed by atoms with Crippen LogP contribution in [0.1, 0.15) is 0 Å². The largest absolute Gasteiger partial charge is 0.492 e. The van der Waals surface area contributed by atoms with Crippen molar-refractivity contribution >= 4 is 29.0 Å². The first-order valence-corrected chi connectivity index (χ1v) is 7.63. The molecule has 0 aromatic heterocycles. The van der Waals surface area contributed by atoms with E-state index in [0.717, 1.165) is 17.1 Å². The lowest BCUT2D eigenvalue weighted by atomic mass is 10.2. The third-order valence-electron chi connectivity index (χ3n) is 3.11. The minimum absolute atomic E-state index is 0.262. The molecular weight excluding hydrogens is 314 g/mol. The van der Waals surface area contributed by atoms with Crippen LogP contribution in [0.25, 0.3) is 0 Å². The summed E-state index contributed by atoms with van der Waals surface area (Å²) in [5.74, 6) is 0.718. The Balaban J connectivity index is 1.69. The van der Waals surface area contributed by atoms with Crippen LogP contribution in [-0.4, -0.2) is 33.3 Å². The molecule has 0 fully saturated rings. The zero-order valence-corrected chi connectivity index (χ0v) is 13.9. The van der Waals surface area contributed by atoms with Crippen molar-refractivity contribution in [1.29, 1.82) is 0 Å². The first-order valence-electron chi connectivity index (χ1n) is 7.25. The van der Waals surface area contributed by atoms with E-state index in [9.17, 15) is 4.79 Å². The van der Waals surface area contributed by atoms with Crippen molar-refractivity contribution < 1.29 is 9.53 Å². The molecule has 2 aromatic carbocycles. The number of benzene rings is 2. The lowest BCUT2D eigenvalue weighted by Gasteiger charge is -2.13. The minimum atomic E-state index is -0.262. The number of urea groups is 1. The number of ether oxygens (including phenoxy) is 1. The number of carbonyl (C=O) groups is 1. The van der Waals surface area contributed by atoms with Gasteiger partial charge in [-0.2, -0.15) is 0 Å². The fourth-order valence-electron chi connectivity index (χ4n) is 1.88. The Kier molecular flexibility index (Phi) is 6.11. The van der Waals surface area contributed by atoms with Gasteiger partial charge in [0.05, 0.1) is 6.54 Å². The standard InChI is InChI=1S/C17H20ClN3O2/c1-21(2)15-7-5-14(6-8-15)20-17(22)19-11-12-23-16-9-3-13(18)4-10-16/h3-10H,11-12H2,1-2H3,(H2,19,20,22). The van der Waals surface area contributed by atoms with E-state index in [1.165, 1.54) is 0 Å². The molecule has 2 amide bonds. The molecule has 0 aliphatic heterocycles. The van der Waals surface area contributed by atoms with Crippen LogP contribution in [0.15, 0.2) is 48.5 Å². The van der Waals surface area contributed by atoms with E-state index < -0.39 is 0 Å². The zero-order chi connectivity index (χ0) is 16.7. The highest BCUT2D eigenvalue weighted by molar-refractivity contribution is 6.30. The maximum absolute atomic E-state index is 11.8. The fraction of sp³-hybridized carbons (Fsp3) is 0.235. The Labute approximate surface area is 141 Å². The number of anilines is 2. The van der Waals surface area contributed by atoms with Gasteiger partial charge in [0.15, 0.2) is 0 Å². The van der Waals surface area contributed by atoms with Gasteiger partial charge < -0.3 is 20.3 Å². The molecule has 0 heterocycles. The zero-order valence-electron chi connectivity index (χ0n) is 13.2. The van der Waals surface area contributed by atoms with Crippen LogP contribution in [0, 0.1) is 0 Å². The predicted octanol–water partition coefficient (Wildman–Crippen LogP) is 3.61. The Hall–Kier alpha value is -2.40. The number of hydrogen-bond acceptors (Lipinski definition) is 3. The van der Waals surface area contributed by atoms with Crippen molar-refractivity contribution in [3.63, 3.8) is 0 Å². The normalized spacial score (nSPS) is 10.0. The van der Waals surface area contributed by atoms with E-state index in [2.05, 4.69) is 10.6 Å². The van der Waals surface area contributed by atoms with Gasteiger partial charge in [-0.05, 0) is 48.5 Å². The molecule has 122 valence electrons. The number of halogens is 1. The molecule has 0 aliphatic rings. The topological polar surface area (TPSA) is 53.6 Å². The molecule has 2 aromatic rings. The smallest absolute Gasteiger partial charge is 0.319 e. The first kappa shape index (κ1) is 17.0. The van der Waals surface area contributed by atoms with E-state index in [-0.39, 0.29) is 6.03 Å². The minimum Gasteiger partial charge on any atom is -0.492 e. The maximum atomic E-state index is 11.8. The van der Waals surface area contributed by atoms with Gasteiger partial charge in [-0.15, -0.1) is 0 Å². The van der Waals surface area contributed by atoms with E-state index >= 15 is 0 Å². The van der Waals surface area contributed by atoms with Crippen molar-refractivity contribution in [2.75, 3.05) is 37.5 Å². The molecule has 5 nitrogen and oxygen atoms in total. The molecule has 6 heteroatoms. The first-order chi connectivity index (χ1) is 11.0. The predicted molar refractivity (Wildman–Crippen MR) is 94.7 cm³/mol. The molecule has 0 aliphatic carbocycles. The summed E-state index contributed by atoms with van der Waals surface area (Å²) in [6, 6.07) is 14.4. The summed E-state index contributed by atoms with van der Waals surface area (Å²) >= 11 is 5.80. The van der Waals surface area contributed by atoms with Crippen LogP contribution in [0.4, 0.5) is 16.2 Å². The average molecular weight is 334 g/mol. The molecule has 0 atom stereocenters. The van der Waals surface area contributed by atoms with Gasteiger partial charge in [0.25, 0.3) is 0 Å². The highest BCUT2D eigenvalue weighted by Crippen LogP contribution is 2.16. The summed E-state index contributed by atoms with van der Waals surface area (Å²) in [5, 5.41) is 6.17. The van der Waals surface area contributed by atoms with Crippen molar-refractivity contribution in [1.82, 2.24) is 5.32 Å². The Morgan fingerprint density at radius 2 is 1.74 bits per heavy atom. The van der Waals surface area contributed by atoms with E-state index in [4.69, 9.17) is 16.3 Å². The second-order valence-corrected chi connectivity index (χ2v) is 5.56. The number of hydrogen-bond donors (Lipinski definition) is 2. The van der Waals surface area contributed by atoms with Crippen LogP contribution < -0.4 is 20.3 Å². The average Bonchev–Trinajstić information content (AvgIpc) is 2.54. The molecule has 0 saturated carbocycles. The van der Waals surface area contributed by atoms with Gasteiger partial charge in [-0.25, -0.2) is 4.79 Å². The van der Waals surface area contributed by atoms with Gasteiger partial charge in [0.2, 0.25) is 0 Å². The van der Waals surface area contributed by atoms with Gasteiger partial charge in [-0.3, -0.25) is 0 Å². The molecular formula is C17H20ClN3O2. The summed E-state index contributed by atoms with van der Waals surface area (Å²) in [7, 11) is 3.94. The molecule has 0 unspecified atom stereocenters. The van der Waals surface area contributed by atoms with Crippen molar-refractivity contribution in [3.8, 4) is 5.75 Å². The van der Waals surface area contributed by atoms with Crippen molar-refractivity contribution in [3.05, 3.63) is 53.6 Å². The van der Waals surface area contributed by atoms with E-state index in [0.29, 0.717) is 18.2 Å². The summed E-state index contributed by atoms with van der Waals surface area (Å²) in [4.78, 5) is 13.8. The van der Waals surface area contributed by atoms with Crippen LogP contribution >= 0.6 is 11.6 Å². The molecule has 0 spiro atoms. The van der Waals surface area contributed by atoms with Crippen LogP contribution in [0.2, 0.25) is 5.02 Å². The van der Waals surface area contributed by atoms with Crippen molar-refractivity contribution in [2.24, 2.45) is 0 Å². The van der Waals surface area contributed by atoms with Crippen LogP contribution in [0.3, 0.4) is 0 Å². The molecule has 0 saturated heterocycles. The summed E-state index contributed by atoms with van der Waals surface area (Å²) < 4.78 is 5.50. The molecule has 0 radical (unpaired) electrons. The van der Waals surface area contributed by atoms with Crippen molar-refractivity contribution in [2.45, 2.75) is 0 Å². The van der Waals surface area contributed by atoms with Gasteiger partial charge >= 0.3 is 6.03 Å². The SMILES string of the molecule is CN(C)c1ccc(NC(=O)NCCOc2ccc(Cl)cc2)cc1. The Morgan fingerprint density at radius 1 is 1.09 bits per heavy atom. The van der Waals surface area contributed by atoms with Gasteiger partial charge in [-0.1, -0.05) is 11.6 Å². The fourth-order valence-corrected chi connectivity index (χ4v) is 2.01. The third kappa shape index (κ3) is 5.71. The second-order valence-electron chi connectivity index (χ2n) is 5.12. The summed E-state index contributed by atoms with van der Waals surface area (Å²) in [6.07, 6.45) is 0. The summed E-state index contributed by atoms with van der Waals surface area (Å²) in [6.45, 7) is 0.791. The third-order valence-corrected chi connectivity index (χ3v) is 3.36. The summed E-state index contributed by atoms with van der Waals surface area (Å²) in [5.41, 5.74) is 1.82. The Bertz CT molecular complexity index is 627. The number of carbonyl (C=O) groups excluding carboxylic acids is 1. The van der Waals surface area contributed by atoms with Crippen LogP contribution in [-0.2, 0) is 0 Å². The molecule has 23 heavy (non-hydrogen) atoms. The molecule has 2 N–H and O–H groups in total. The molecule has 0 bridgehead atoms. The number of nitrogens with zero attached hydrogens (tertiary/aromatic N) is 1.